The van der Waals surface area contributed by atoms with Crippen LogP contribution in [0.4, 0.5) is 0 Å². The summed E-state index contributed by atoms with van der Waals surface area (Å²) in [6, 6.07) is 12.1. The highest BCUT2D eigenvalue weighted by Crippen LogP contribution is 2.29. The lowest BCUT2D eigenvalue weighted by molar-refractivity contribution is -0.144. The molecule has 0 fully saturated rings. The van der Waals surface area contributed by atoms with Gasteiger partial charge in [-0.25, -0.2) is 9.59 Å². The lowest BCUT2D eigenvalue weighted by Gasteiger charge is -2.10. The van der Waals surface area contributed by atoms with Crippen LogP contribution in [0, 0.1) is 6.92 Å². The van der Waals surface area contributed by atoms with Crippen LogP contribution in [0.15, 0.2) is 64.3 Å². The van der Waals surface area contributed by atoms with Crippen molar-refractivity contribution in [3.05, 3.63) is 76.1 Å². The maximum atomic E-state index is 12.5. The second-order valence-corrected chi connectivity index (χ2v) is 6.25. The number of hydrogen-bond acceptors (Lipinski definition) is 5. The molecule has 0 saturated carbocycles. The topological polar surface area (TPSA) is 65.7 Å². The van der Waals surface area contributed by atoms with Crippen molar-refractivity contribution in [2.24, 2.45) is 0 Å². The number of halogens is 1. The standard InChI is InChI=1S/C21H17ClO5/c1-3-10-25-19(23)12-26-16-8-9-17-13(2)20(21(24)27-18(17)11-16)14-4-6-15(22)7-5-14/h3-9,11H,1,10,12H2,2H3. The van der Waals surface area contributed by atoms with Crippen molar-refractivity contribution >= 4 is 28.5 Å². The molecule has 0 bridgehead atoms. The molecule has 3 rings (SSSR count). The largest absolute Gasteiger partial charge is 0.482 e. The van der Waals surface area contributed by atoms with Crippen molar-refractivity contribution in [2.75, 3.05) is 13.2 Å². The normalized spacial score (nSPS) is 10.6. The van der Waals surface area contributed by atoms with E-state index in [1.54, 1.807) is 42.5 Å². The Labute approximate surface area is 160 Å². The van der Waals surface area contributed by atoms with Gasteiger partial charge in [0.2, 0.25) is 0 Å². The van der Waals surface area contributed by atoms with E-state index in [1.807, 2.05) is 6.92 Å². The zero-order valence-corrected chi connectivity index (χ0v) is 15.4. The van der Waals surface area contributed by atoms with Crippen LogP contribution in [0.2, 0.25) is 5.02 Å². The number of benzene rings is 2. The summed E-state index contributed by atoms with van der Waals surface area (Å²) in [5, 5.41) is 1.37. The quantitative estimate of drug-likeness (QED) is 0.355. The first-order chi connectivity index (χ1) is 13.0. The van der Waals surface area contributed by atoms with Crippen molar-refractivity contribution in [1.82, 2.24) is 0 Å². The Bertz CT molecular complexity index is 1050. The molecule has 0 atom stereocenters. The number of hydrogen-bond donors (Lipinski definition) is 0. The molecular weight excluding hydrogens is 368 g/mol. The predicted octanol–water partition coefficient (Wildman–Crippen LogP) is 4.53. The molecule has 0 radical (unpaired) electrons. The molecule has 5 nitrogen and oxygen atoms in total. The van der Waals surface area contributed by atoms with Gasteiger partial charge in [-0.3, -0.25) is 0 Å². The zero-order chi connectivity index (χ0) is 19.4. The number of esters is 1. The molecule has 0 saturated heterocycles. The summed E-state index contributed by atoms with van der Waals surface area (Å²) in [4.78, 5) is 24.0. The molecule has 1 heterocycles. The summed E-state index contributed by atoms with van der Waals surface area (Å²) in [7, 11) is 0. The highest BCUT2D eigenvalue weighted by atomic mass is 35.5. The summed E-state index contributed by atoms with van der Waals surface area (Å²) in [5.74, 6) is -0.106. The molecule has 6 heteroatoms. The molecule has 0 aliphatic heterocycles. The van der Waals surface area contributed by atoms with Crippen molar-refractivity contribution < 1.29 is 18.7 Å². The molecule has 1 aromatic heterocycles. The first kappa shape index (κ1) is 18.7. The number of carbonyl (C=O) groups is 1. The van der Waals surface area contributed by atoms with Crippen LogP contribution in [0.3, 0.4) is 0 Å². The second-order valence-electron chi connectivity index (χ2n) is 5.81. The van der Waals surface area contributed by atoms with Gasteiger partial charge in [-0.1, -0.05) is 36.4 Å². The summed E-state index contributed by atoms with van der Waals surface area (Å²) in [6.45, 7) is 5.21. The average Bonchev–Trinajstić information content (AvgIpc) is 2.66. The fourth-order valence-corrected chi connectivity index (χ4v) is 2.84. The van der Waals surface area contributed by atoms with Crippen molar-refractivity contribution in [2.45, 2.75) is 6.92 Å². The minimum atomic E-state index is -0.509. The third kappa shape index (κ3) is 4.20. The third-order valence-corrected chi connectivity index (χ3v) is 4.24. The van der Waals surface area contributed by atoms with Gasteiger partial charge in [0, 0.05) is 16.5 Å². The monoisotopic (exact) mass is 384 g/mol. The number of carbonyl (C=O) groups excluding carboxylic acids is 1. The molecule has 0 amide bonds. The summed E-state index contributed by atoms with van der Waals surface area (Å²) in [6.07, 6.45) is 1.48. The van der Waals surface area contributed by atoms with E-state index in [9.17, 15) is 9.59 Å². The molecule has 0 unspecified atom stereocenters. The highest BCUT2D eigenvalue weighted by molar-refractivity contribution is 6.30. The Morgan fingerprint density at radius 2 is 1.96 bits per heavy atom. The minimum Gasteiger partial charge on any atom is -0.482 e. The number of rotatable bonds is 6. The number of fused-ring (bicyclic) bond motifs is 1. The van der Waals surface area contributed by atoms with Gasteiger partial charge in [0.05, 0.1) is 5.56 Å². The van der Waals surface area contributed by atoms with E-state index in [0.29, 0.717) is 21.9 Å². The van der Waals surface area contributed by atoms with E-state index in [1.165, 1.54) is 6.08 Å². The van der Waals surface area contributed by atoms with E-state index in [-0.39, 0.29) is 13.2 Å². The zero-order valence-electron chi connectivity index (χ0n) is 14.7. The first-order valence-electron chi connectivity index (χ1n) is 8.22. The SMILES string of the molecule is C=CCOC(=O)COc1ccc2c(C)c(-c3ccc(Cl)cc3)c(=O)oc2c1. The maximum Gasteiger partial charge on any atom is 0.344 e. The Balaban J connectivity index is 1.91. The van der Waals surface area contributed by atoms with Crippen LogP contribution >= 0.6 is 11.6 Å². The smallest absolute Gasteiger partial charge is 0.344 e. The molecular formula is C21H17ClO5. The van der Waals surface area contributed by atoms with Crippen molar-refractivity contribution in [3.63, 3.8) is 0 Å². The third-order valence-electron chi connectivity index (χ3n) is 3.99. The van der Waals surface area contributed by atoms with Crippen LogP contribution in [0.5, 0.6) is 5.75 Å². The molecule has 0 aliphatic carbocycles. The Morgan fingerprint density at radius 3 is 2.67 bits per heavy atom. The number of aryl methyl sites for hydroxylation is 1. The van der Waals surface area contributed by atoms with Gasteiger partial charge in [0.25, 0.3) is 0 Å². The van der Waals surface area contributed by atoms with E-state index in [4.69, 9.17) is 25.5 Å². The lowest BCUT2D eigenvalue weighted by atomic mass is 10.00. The molecule has 0 spiro atoms. The van der Waals surface area contributed by atoms with Crippen LogP contribution in [0.1, 0.15) is 5.56 Å². The molecule has 138 valence electrons. The first-order valence-corrected chi connectivity index (χ1v) is 8.60. The van der Waals surface area contributed by atoms with Gasteiger partial charge in [0.1, 0.15) is 17.9 Å². The van der Waals surface area contributed by atoms with E-state index in [0.717, 1.165) is 16.5 Å². The molecule has 3 aromatic rings. The van der Waals surface area contributed by atoms with Gasteiger partial charge in [-0.05, 0) is 42.3 Å². The molecule has 27 heavy (non-hydrogen) atoms. The van der Waals surface area contributed by atoms with E-state index < -0.39 is 11.6 Å². The van der Waals surface area contributed by atoms with Gasteiger partial charge in [-0.2, -0.15) is 0 Å². The van der Waals surface area contributed by atoms with Crippen LogP contribution in [-0.2, 0) is 9.53 Å². The van der Waals surface area contributed by atoms with Crippen LogP contribution < -0.4 is 10.4 Å². The lowest BCUT2D eigenvalue weighted by Crippen LogP contribution is -2.14. The van der Waals surface area contributed by atoms with Crippen molar-refractivity contribution in [1.29, 1.82) is 0 Å². The highest BCUT2D eigenvalue weighted by Gasteiger charge is 2.14. The van der Waals surface area contributed by atoms with Crippen molar-refractivity contribution in [3.8, 4) is 16.9 Å². The Hall–Kier alpha value is -3.05. The Morgan fingerprint density at radius 1 is 1.22 bits per heavy atom. The van der Waals surface area contributed by atoms with Crippen LogP contribution in [-0.4, -0.2) is 19.2 Å². The van der Waals surface area contributed by atoms with Gasteiger partial charge in [-0.15, -0.1) is 0 Å². The average molecular weight is 385 g/mol. The molecule has 2 aromatic carbocycles. The summed E-state index contributed by atoms with van der Waals surface area (Å²) >= 11 is 5.92. The van der Waals surface area contributed by atoms with Gasteiger partial charge in [0.15, 0.2) is 6.61 Å². The summed E-state index contributed by atoms with van der Waals surface area (Å²) in [5.41, 5.74) is 1.94. The maximum absolute atomic E-state index is 12.5. The number of ether oxygens (including phenoxy) is 2. The minimum absolute atomic E-state index is 0.126. The summed E-state index contributed by atoms with van der Waals surface area (Å²) < 4.78 is 15.7. The fourth-order valence-electron chi connectivity index (χ4n) is 2.71. The second kappa shape index (κ2) is 8.10. The predicted molar refractivity (Wildman–Crippen MR) is 104 cm³/mol. The van der Waals surface area contributed by atoms with Gasteiger partial charge < -0.3 is 13.9 Å². The van der Waals surface area contributed by atoms with Crippen LogP contribution in [0.25, 0.3) is 22.1 Å². The fraction of sp³-hybridized carbons (Fsp3) is 0.143. The van der Waals surface area contributed by atoms with Gasteiger partial charge >= 0.3 is 11.6 Å². The van der Waals surface area contributed by atoms with E-state index >= 15 is 0 Å². The molecule has 0 N–H and O–H groups in total. The molecule has 0 aliphatic rings. The Kier molecular flexibility index (Phi) is 5.62. The van der Waals surface area contributed by atoms with E-state index in [2.05, 4.69) is 6.58 Å².